The lowest BCUT2D eigenvalue weighted by Crippen LogP contribution is -2.55. The highest BCUT2D eigenvalue weighted by molar-refractivity contribution is 5.95. The molecule has 0 spiro atoms. The molecule has 0 aromatic heterocycles. The van der Waals surface area contributed by atoms with Gasteiger partial charge in [0, 0.05) is 37.9 Å². The number of aliphatic hydroxyl groups is 1. The van der Waals surface area contributed by atoms with Gasteiger partial charge in [0.15, 0.2) is 0 Å². The van der Waals surface area contributed by atoms with Crippen molar-refractivity contribution in [1.82, 2.24) is 9.80 Å². The highest BCUT2D eigenvalue weighted by Gasteiger charge is 2.28. The number of rotatable bonds is 6. The molecule has 1 saturated heterocycles. The fourth-order valence-corrected chi connectivity index (χ4v) is 3.28. The number of piperazine rings is 1. The summed E-state index contributed by atoms with van der Waals surface area (Å²) in [7, 11) is 0. The van der Waals surface area contributed by atoms with Crippen LogP contribution in [-0.4, -0.2) is 65.7 Å². The van der Waals surface area contributed by atoms with E-state index in [2.05, 4.69) is 35.0 Å². The van der Waals surface area contributed by atoms with Crippen molar-refractivity contribution in [2.45, 2.75) is 46.2 Å². The molecule has 1 amide bonds. The van der Waals surface area contributed by atoms with Crippen molar-refractivity contribution < 1.29 is 9.90 Å². The molecule has 5 nitrogen and oxygen atoms in total. The van der Waals surface area contributed by atoms with E-state index in [-0.39, 0.29) is 24.6 Å². The molecule has 1 aliphatic rings. The Morgan fingerprint density at radius 3 is 2.42 bits per heavy atom. The average Bonchev–Trinajstić information content (AvgIpc) is 2.60. The summed E-state index contributed by atoms with van der Waals surface area (Å²) in [6.45, 7) is 11.9. The van der Waals surface area contributed by atoms with E-state index in [9.17, 15) is 9.90 Å². The summed E-state index contributed by atoms with van der Waals surface area (Å²) in [5.41, 5.74) is 3.21. The first-order chi connectivity index (χ1) is 11.5. The number of aliphatic hydroxyl groups excluding tert-OH is 1. The molecule has 5 heteroatoms. The van der Waals surface area contributed by atoms with Crippen LogP contribution in [0.5, 0.6) is 0 Å². The largest absolute Gasteiger partial charge is 0.395 e. The van der Waals surface area contributed by atoms with Gasteiger partial charge in [-0.3, -0.25) is 14.6 Å². The number of hydrogen-bond acceptors (Lipinski definition) is 4. The van der Waals surface area contributed by atoms with Crippen LogP contribution >= 0.6 is 0 Å². The Kier molecular flexibility index (Phi) is 6.78. The van der Waals surface area contributed by atoms with E-state index in [1.807, 2.05) is 26.0 Å². The summed E-state index contributed by atoms with van der Waals surface area (Å²) < 4.78 is 0. The van der Waals surface area contributed by atoms with Crippen LogP contribution in [0.4, 0.5) is 5.69 Å². The number of amides is 1. The molecule has 0 aliphatic carbocycles. The summed E-state index contributed by atoms with van der Waals surface area (Å²) in [4.78, 5) is 17.1. The summed E-state index contributed by atoms with van der Waals surface area (Å²) in [6, 6.07) is 6.07. The normalized spacial score (nSPS) is 19.0. The lowest BCUT2D eigenvalue weighted by molar-refractivity contribution is -0.121. The molecule has 0 saturated carbocycles. The summed E-state index contributed by atoms with van der Waals surface area (Å²) in [6.07, 6.45) is 0.958. The first-order valence-electron chi connectivity index (χ1n) is 8.94. The van der Waals surface area contributed by atoms with E-state index in [1.165, 1.54) is 5.56 Å². The Hall–Kier alpha value is -1.43. The van der Waals surface area contributed by atoms with Crippen molar-refractivity contribution in [3.63, 3.8) is 0 Å². The number of carbonyl (C=O) groups is 1. The SMILES string of the molecule is CCC(CO)N1CCN(C(C)C(=O)Nc2cccc(C)c2C)CC1. The van der Waals surface area contributed by atoms with E-state index < -0.39 is 0 Å². The molecular weight excluding hydrogens is 302 g/mol. The van der Waals surface area contributed by atoms with Crippen LogP contribution in [0, 0.1) is 13.8 Å². The second-order valence-electron chi connectivity index (χ2n) is 6.73. The van der Waals surface area contributed by atoms with Gasteiger partial charge in [-0.25, -0.2) is 0 Å². The predicted molar refractivity (Wildman–Crippen MR) is 98.3 cm³/mol. The molecule has 2 atom stereocenters. The third-order valence-corrected chi connectivity index (χ3v) is 5.34. The lowest BCUT2D eigenvalue weighted by atomic mass is 10.1. The number of anilines is 1. The van der Waals surface area contributed by atoms with E-state index in [0.29, 0.717) is 0 Å². The molecular formula is C19H31N3O2. The van der Waals surface area contributed by atoms with Crippen LogP contribution in [0.15, 0.2) is 18.2 Å². The number of benzene rings is 1. The molecule has 1 aromatic rings. The van der Waals surface area contributed by atoms with Crippen molar-refractivity contribution in [3.05, 3.63) is 29.3 Å². The molecule has 1 heterocycles. The topological polar surface area (TPSA) is 55.8 Å². The second kappa shape index (κ2) is 8.60. The van der Waals surface area contributed by atoms with Crippen LogP contribution < -0.4 is 5.32 Å². The fraction of sp³-hybridized carbons (Fsp3) is 0.632. The van der Waals surface area contributed by atoms with Gasteiger partial charge in [-0.1, -0.05) is 19.1 Å². The third-order valence-electron chi connectivity index (χ3n) is 5.34. The van der Waals surface area contributed by atoms with E-state index >= 15 is 0 Å². The lowest BCUT2D eigenvalue weighted by Gasteiger charge is -2.40. The van der Waals surface area contributed by atoms with E-state index in [4.69, 9.17) is 0 Å². The molecule has 2 rings (SSSR count). The molecule has 0 bridgehead atoms. The maximum atomic E-state index is 12.6. The number of aryl methyl sites for hydroxylation is 1. The number of nitrogens with one attached hydrogen (secondary N) is 1. The molecule has 134 valence electrons. The first-order valence-corrected chi connectivity index (χ1v) is 8.94. The van der Waals surface area contributed by atoms with E-state index in [0.717, 1.165) is 43.9 Å². The Morgan fingerprint density at radius 2 is 1.83 bits per heavy atom. The maximum absolute atomic E-state index is 12.6. The van der Waals surface area contributed by atoms with Crippen molar-refractivity contribution >= 4 is 11.6 Å². The minimum atomic E-state index is -0.152. The zero-order valence-electron chi connectivity index (χ0n) is 15.4. The molecule has 1 fully saturated rings. The Morgan fingerprint density at radius 1 is 1.21 bits per heavy atom. The zero-order chi connectivity index (χ0) is 17.7. The van der Waals surface area contributed by atoms with Crippen LogP contribution in [0.2, 0.25) is 0 Å². The van der Waals surface area contributed by atoms with Crippen molar-refractivity contribution in [2.24, 2.45) is 0 Å². The quantitative estimate of drug-likeness (QED) is 0.836. The monoisotopic (exact) mass is 333 g/mol. The fourth-order valence-electron chi connectivity index (χ4n) is 3.28. The van der Waals surface area contributed by atoms with Gasteiger partial charge in [0.1, 0.15) is 0 Å². The van der Waals surface area contributed by atoms with Crippen LogP contribution in [0.25, 0.3) is 0 Å². The van der Waals surface area contributed by atoms with Gasteiger partial charge < -0.3 is 10.4 Å². The van der Waals surface area contributed by atoms with Gasteiger partial charge in [0.05, 0.1) is 12.6 Å². The third kappa shape index (κ3) is 4.35. The minimum absolute atomic E-state index is 0.0475. The maximum Gasteiger partial charge on any atom is 0.241 e. The van der Waals surface area contributed by atoms with Crippen molar-refractivity contribution in [1.29, 1.82) is 0 Å². The van der Waals surface area contributed by atoms with E-state index in [1.54, 1.807) is 0 Å². The molecule has 24 heavy (non-hydrogen) atoms. The Balaban J connectivity index is 1.91. The van der Waals surface area contributed by atoms with Gasteiger partial charge in [-0.15, -0.1) is 0 Å². The van der Waals surface area contributed by atoms with Crippen molar-refractivity contribution in [3.8, 4) is 0 Å². The Labute approximate surface area is 145 Å². The van der Waals surface area contributed by atoms with Gasteiger partial charge >= 0.3 is 0 Å². The van der Waals surface area contributed by atoms with Gasteiger partial charge in [0.2, 0.25) is 5.91 Å². The van der Waals surface area contributed by atoms with Gasteiger partial charge in [-0.2, -0.15) is 0 Å². The standard InChI is InChI=1S/C19H31N3O2/c1-5-17(13-23)22-11-9-21(10-12-22)16(4)19(24)20-18-8-6-7-14(2)15(18)3/h6-8,16-17,23H,5,9-13H2,1-4H3,(H,20,24). The molecule has 1 aromatic carbocycles. The van der Waals surface area contributed by atoms with Gasteiger partial charge in [-0.05, 0) is 44.4 Å². The first kappa shape index (κ1) is 18.9. The van der Waals surface area contributed by atoms with Crippen LogP contribution in [0.3, 0.4) is 0 Å². The molecule has 2 unspecified atom stereocenters. The molecule has 0 radical (unpaired) electrons. The molecule has 1 aliphatic heterocycles. The van der Waals surface area contributed by atoms with Crippen molar-refractivity contribution in [2.75, 3.05) is 38.1 Å². The minimum Gasteiger partial charge on any atom is -0.395 e. The molecule has 2 N–H and O–H groups in total. The number of carbonyl (C=O) groups excluding carboxylic acids is 1. The zero-order valence-corrected chi connectivity index (χ0v) is 15.4. The second-order valence-corrected chi connectivity index (χ2v) is 6.73. The summed E-state index contributed by atoms with van der Waals surface area (Å²) in [5, 5.41) is 12.5. The predicted octanol–water partition coefficient (Wildman–Crippen LogP) is 2.02. The van der Waals surface area contributed by atoms with Gasteiger partial charge in [0.25, 0.3) is 0 Å². The highest BCUT2D eigenvalue weighted by Crippen LogP contribution is 2.19. The van der Waals surface area contributed by atoms with Crippen LogP contribution in [0.1, 0.15) is 31.4 Å². The summed E-state index contributed by atoms with van der Waals surface area (Å²) in [5.74, 6) is 0.0475. The number of nitrogens with zero attached hydrogens (tertiary/aromatic N) is 2. The average molecular weight is 333 g/mol. The Bertz CT molecular complexity index is 550. The highest BCUT2D eigenvalue weighted by atomic mass is 16.3. The smallest absolute Gasteiger partial charge is 0.241 e. The van der Waals surface area contributed by atoms with Crippen LogP contribution in [-0.2, 0) is 4.79 Å². The summed E-state index contributed by atoms with van der Waals surface area (Å²) >= 11 is 0. The number of hydrogen-bond donors (Lipinski definition) is 2.